The predicted octanol–water partition coefficient (Wildman–Crippen LogP) is 3.39. The molecule has 1 aromatic rings. The Balaban J connectivity index is 2.11. The van der Waals surface area contributed by atoms with E-state index in [0.29, 0.717) is 27.5 Å². The Morgan fingerprint density at radius 3 is 2.65 bits per heavy atom. The zero-order valence-electron chi connectivity index (χ0n) is 11.6. The molecule has 1 amide bonds. The SMILES string of the molecule is CCN(C1CC1)C(C)C(=O)Nc1c(N)cc(Cl)cc1Cl. The van der Waals surface area contributed by atoms with Crippen LogP contribution in [0.1, 0.15) is 26.7 Å². The molecule has 0 saturated heterocycles. The molecule has 1 atom stereocenters. The molecule has 0 heterocycles. The molecule has 1 saturated carbocycles. The Hall–Kier alpha value is -0.970. The van der Waals surface area contributed by atoms with Crippen LogP contribution in [0.2, 0.25) is 10.0 Å². The van der Waals surface area contributed by atoms with Crippen molar-refractivity contribution >= 4 is 40.5 Å². The van der Waals surface area contributed by atoms with Gasteiger partial charge in [0.1, 0.15) is 0 Å². The zero-order chi connectivity index (χ0) is 14.9. The van der Waals surface area contributed by atoms with E-state index >= 15 is 0 Å². The summed E-state index contributed by atoms with van der Waals surface area (Å²) in [6.45, 7) is 4.81. The zero-order valence-corrected chi connectivity index (χ0v) is 13.1. The van der Waals surface area contributed by atoms with E-state index in [0.717, 1.165) is 19.4 Å². The molecule has 1 aliphatic carbocycles. The molecule has 20 heavy (non-hydrogen) atoms. The van der Waals surface area contributed by atoms with Crippen LogP contribution in [0.3, 0.4) is 0 Å². The van der Waals surface area contributed by atoms with Gasteiger partial charge in [-0.3, -0.25) is 9.69 Å². The molecule has 0 aliphatic heterocycles. The minimum atomic E-state index is -0.210. The Kier molecular flexibility index (Phi) is 4.78. The van der Waals surface area contributed by atoms with Crippen molar-refractivity contribution in [1.29, 1.82) is 0 Å². The van der Waals surface area contributed by atoms with E-state index in [1.165, 1.54) is 0 Å². The largest absolute Gasteiger partial charge is 0.397 e. The van der Waals surface area contributed by atoms with Crippen molar-refractivity contribution in [3.63, 3.8) is 0 Å². The number of nitrogens with zero attached hydrogens (tertiary/aromatic N) is 1. The molecule has 1 aliphatic rings. The molecule has 110 valence electrons. The van der Waals surface area contributed by atoms with Crippen LogP contribution >= 0.6 is 23.2 Å². The molecule has 0 spiro atoms. The number of hydrogen-bond acceptors (Lipinski definition) is 3. The Labute approximate surface area is 129 Å². The normalized spacial score (nSPS) is 16.2. The van der Waals surface area contributed by atoms with Gasteiger partial charge in [0.15, 0.2) is 0 Å². The summed E-state index contributed by atoms with van der Waals surface area (Å²) >= 11 is 11.9. The summed E-state index contributed by atoms with van der Waals surface area (Å²) in [6.07, 6.45) is 2.32. The predicted molar refractivity (Wildman–Crippen MR) is 84.4 cm³/mol. The fourth-order valence-corrected chi connectivity index (χ4v) is 2.91. The van der Waals surface area contributed by atoms with Gasteiger partial charge in [0.05, 0.1) is 22.4 Å². The number of carbonyl (C=O) groups is 1. The number of amides is 1. The monoisotopic (exact) mass is 315 g/mol. The second-order valence-corrected chi connectivity index (χ2v) is 5.92. The third-order valence-electron chi connectivity index (χ3n) is 3.59. The van der Waals surface area contributed by atoms with Crippen molar-refractivity contribution in [2.75, 3.05) is 17.6 Å². The number of carbonyl (C=O) groups excluding carboxylic acids is 1. The lowest BCUT2D eigenvalue weighted by molar-refractivity contribution is -0.120. The molecule has 0 aromatic heterocycles. The molecular weight excluding hydrogens is 297 g/mol. The lowest BCUT2D eigenvalue weighted by Crippen LogP contribution is -2.43. The minimum absolute atomic E-state index is 0.102. The maximum Gasteiger partial charge on any atom is 0.241 e. The van der Waals surface area contributed by atoms with Crippen LogP contribution in [-0.2, 0) is 4.79 Å². The van der Waals surface area contributed by atoms with E-state index in [-0.39, 0.29) is 11.9 Å². The minimum Gasteiger partial charge on any atom is -0.397 e. The number of benzene rings is 1. The highest BCUT2D eigenvalue weighted by atomic mass is 35.5. The maximum atomic E-state index is 12.3. The first-order valence-electron chi connectivity index (χ1n) is 6.75. The van der Waals surface area contributed by atoms with Gasteiger partial charge < -0.3 is 11.1 Å². The molecule has 4 nitrogen and oxygen atoms in total. The van der Waals surface area contributed by atoms with E-state index in [4.69, 9.17) is 28.9 Å². The first kappa shape index (κ1) is 15.4. The average Bonchev–Trinajstić information content (AvgIpc) is 3.18. The summed E-state index contributed by atoms with van der Waals surface area (Å²) in [7, 11) is 0. The molecule has 6 heteroatoms. The Bertz CT molecular complexity index is 494. The highest BCUT2D eigenvalue weighted by Crippen LogP contribution is 2.33. The average molecular weight is 316 g/mol. The van der Waals surface area contributed by atoms with E-state index in [9.17, 15) is 4.79 Å². The Morgan fingerprint density at radius 1 is 1.50 bits per heavy atom. The lowest BCUT2D eigenvalue weighted by atomic mass is 10.2. The quantitative estimate of drug-likeness (QED) is 0.819. The molecule has 1 unspecified atom stereocenters. The molecule has 1 aromatic carbocycles. The molecule has 0 radical (unpaired) electrons. The number of nitrogens with one attached hydrogen (secondary N) is 1. The van der Waals surface area contributed by atoms with Gasteiger partial charge in [-0.05, 0) is 38.4 Å². The number of likely N-dealkylation sites (N-methyl/N-ethyl adjacent to an activating group) is 1. The van der Waals surface area contributed by atoms with Gasteiger partial charge in [-0.1, -0.05) is 30.1 Å². The van der Waals surface area contributed by atoms with Crippen LogP contribution in [0.25, 0.3) is 0 Å². The van der Waals surface area contributed by atoms with Crippen molar-refractivity contribution in [2.45, 2.75) is 38.8 Å². The van der Waals surface area contributed by atoms with Crippen LogP contribution in [0, 0.1) is 0 Å². The fraction of sp³-hybridized carbons (Fsp3) is 0.500. The van der Waals surface area contributed by atoms with Gasteiger partial charge in [-0.15, -0.1) is 0 Å². The molecule has 3 N–H and O–H groups in total. The summed E-state index contributed by atoms with van der Waals surface area (Å²) in [5, 5.41) is 3.61. The smallest absolute Gasteiger partial charge is 0.241 e. The highest BCUT2D eigenvalue weighted by molar-refractivity contribution is 6.37. The number of nitrogens with two attached hydrogens (primary N) is 1. The number of nitrogen functional groups attached to an aromatic ring is 1. The highest BCUT2D eigenvalue weighted by Gasteiger charge is 2.34. The number of hydrogen-bond donors (Lipinski definition) is 2. The van der Waals surface area contributed by atoms with Crippen molar-refractivity contribution < 1.29 is 4.79 Å². The van der Waals surface area contributed by atoms with Gasteiger partial charge in [-0.2, -0.15) is 0 Å². The van der Waals surface area contributed by atoms with Crippen LogP contribution in [0.5, 0.6) is 0 Å². The molecular formula is C14H19Cl2N3O. The van der Waals surface area contributed by atoms with Gasteiger partial charge in [0.2, 0.25) is 5.91 Å². The van der Waals surface area contributed by atoms with Crippen molar-refractivity contribution in [2.24, 2.45) is 0 Å². The van der Waals surface area contributed by atoms with Gasteiger partial charge in [-0.25, -0.2) is 0 Å². The summed E-state index contributed by atoms with van der Waals surface area (Å²) in [6, 6.07) is 3.46. The van der Waals surface area contributed by atoms with Crippen LogP contribution in [0.15, 0.2) is 12.1 Å². The molecule has 1 fully saturated rings. The van der Waals surface area contributed by atoms with E-state index in [1.807, 2.05) is 6.92 Å². The van der Waals surface area contributed by atoms with E-state index in [2.05, 4.69) is 17.1 Å². The summed E-state index contributed by atoms with van der Waals surface area (Å²) < 4.78 is 0. The number of anilines is 2. The van der Waals surface area contributed by atoms with Crippen molar-refractivity contribution in [3.8, 4) is 0 Å². The standard InChI is InChI=1S/C14H19Cl2N3O/c1-3-19(10-4-5-10)8(2)14(20)18-13-11(16)6-9(15)7-12(13)17/h6-8,10H,3-5,17H2,1-2H3,(H,18,20). The van der Waals surface area contributed by atoms with E-state index < -0.39 is 0 Å². The summed E-state index contributed by atoms with van der Waals surface area (Å²) in [5.74, 6) is -0.102. The first-order chi connectivity index (χ1) is 9.43. The first-order valence-corrected chi connectivity index (χ1v) is 7.50. The summed E-state index contributed by atoms with van der Waals surface area (Å²) in [4.78, 5) is 14.5. The number of halogens is 2. The molecule has 2 rings (SSSR count). The topological polar surface area (TPSA) is 58.4 Å². The van der Waals surface area contributed by atoms with Crippen LogP contribution < -0.4 is 11.1 Å². The van der Waals surface area contributed by atoms with Gasteiger partial charge in [0.25, 0.3) is 0 Å². The van der Waals surface area contributed by atoms with Crippen molar-refractivity contribution in [3.05, 3.63) is 22.2 Å². The van der Waals surface area contributed by atoms with Gasteiger partial charge >= 0.3 is 0 Å². The second-order valence-electron chi connectivity index (χ2n) is 5.08. The summed E-state index contributed by atoms with van der Waals surface area (Å²) in [5.41, 5.74) is 6.66. The maximum absolute atomic E-state index is 12.3. The van der Waals surface area contributed by atoms with E-state index in [1.54, 1.807) is 12.1 Å². The van der Waals surface area contributed by atoms with Crippen LogP contribution in [-0.4, -0.2) is 29.4 Å². The fourth-order valence-electron chi connectivity index (χ4n) is 2.36. The third-order valence-corrected chi connectivity index (χ3v) is 4.11. The Morgan fingerprint density at radius 2 is 2.15 bits per heavy atom. The lowest BCUT2D eigenvalue weighted by Gasteiger charge is -2.27. The van der Waals surface area contributed by atoms with Crippen molar-refractivity contribution in [1.82, 2.24) is 4.90 Å². The number of rotatable bonds is 5. The van der Waals surface area contributed by atoms with Gasteiger partial charge in [0, 0.05) is 11.1 Å². The second kappa shape index (κ2) is 6.20. The third kappa shape index (κ3) is 3.37. The molecule has 0 bridgehead atoms. The van der Waals surface area contributed by atoms with Crippen LogP contribution in [0.4, 0.5) is 11.4 Å².